The molecular weight excluding hydrogens is 228 g/mol. The van der Waals surface area contributed by atoms with E-state index in [1.165, 1.54) is 0 Å². The van der Waals surface area contributed by atoms with Gasteiger partial charge in [0.15, 0.2) is 0 Å². The van der Waals surface area contributed by atoms with Crippen LogP contribution in [0.5, 0.6) is 5.75 Å². The fourth-order valence-electron chi connectivity index (χ4n) is 1.44. The number of hydrogen-bond donors (Lipinski definition) is 1. The van der Waals surface area contributed by atoms with Gasteiger partial charge in [0, 0.05) is 20.6 Å². The molecule has 0 bridgehead atoms. The molecule has 0 heterocycles. The van der Waals surface area contributed by atoms with Crippen molar-refractivity contribution < 1.29 is 9.53 Å². The number of hydrogen-bond acceptors (Lipinski definition) is 3. The summed E-state index contributed by atoms with van der Waals surface area (Å²) < 4.78 is 5.56. The van der Waals surface area contributed by atoms with Crippen molar-refractivity contribution in [3.05, 3.63) is 29.8 Å². The Labute approximate surface area is 109 Å². The number of benzene rings is 1. The minimum absolute atomic E-state index is 0.0772. The lowest BCUT2D eigenvalue weighted by Gasteiger charge is -2.11. The molecular formula is C14H22N2O2. The second-order valence-corrected chi connectivity index (χ2v) is 4.39. The third kappa shape index (κ3) is 5.19. The Hall–Kier alpha value is -1.55. The maximum atomic E-state index is 11.4. The average Bonchev–Trinajstić information content (AvgIpc) is 2.36. The summed E-state index contributed by atoms with van der Waals surface area (Å²) in [6.07, 6.45) is 1.000. The third-order valence-corrected chi connectivity index (χ3v) is 2.48. The molecule has 0 fully saturated rings. The molecule has 18 heavy (non-hydrogen) atoms. The Morgan fingerprint density at radius 3 is 2.83 bits per heavy atom. The van der Waals surface area contributed by atoms with Crippen LogP contribution in [-0.4, -0.2) is 38.1 Å². The van der Waals surface area contributed by atoms with Crippen molar-refractivity contribution in [2.45, 2.75) is 19.9 Å². The normalized spacial score (nSPS) is 10.2. The predicted molar refractivity (Wildman–Crippen MR) is 72.6 cm³/mol. The number of carbonyl (C=O) groups excluding carboxylic acids is 1. The molecule has 0 saturated heterocycles. The number of nitrogens with one attached hydrogen (secondary N) is 1. The highest BCUT2D eigenvalue weighted by molar-refractivity contribution is 5.77. The maximum absolute atomic E-state index is 11.4. The molecule has 0 aliphatic carbocycles. The van der Waals surface area contributed by atoms with E-state index >= 15 is 0 Å². The van der Waals surface area contributed by atoms with Crippen LogP contribution >= 0.6 is 0 Å². The second-order valence-electron chi connectivity index (χ2n) is 4.39. The van der Waals surface area contributed by atoms with Crippen LogP contribution in [0.2, 0.25) is 0 Å². The zero-order chi connectivity index (χ0) is 13.4. The van der Waals surface area contributed by atoms with E-state index in [-0.39, 0.29) is 5.91 Å². The van der Waals surface area contributed by atoms with Crippen molar-refractivity contribution >= 4 is 5.91 Å². The molecule has 1 aromatic carbocycles. The smallest absolute Gasteiger partial charge is 0.236 e. The Kier molecular flexibility index (Phi) is 6.22. The number of amides is 1. The van der Waals surface area contributed by atoms with Gasteiger partial charge >= 0.3 is 0 Å². The first-order valence-electron chi connectivity index (χ1n) is 6.26. The second kappa shape index (κ2) is 7.71. The van der Waals surface area contributed by atoms with Crippen molar-refractivity contribution in [1.82, 2.24) is 10.2 Å². The lowest BCUT2D eigenvalue weighted by molar-refractivity contribution is -0.127. The standard InChI is InChI=1S/C14H22N2O2/c1-4-8-18-13-7-5-6-12(9-13)10-15-11-14(17)16(2)3/h5-7,9,15H,4,8,10-11H2,1-3H3. The topological polar surface area (TPSA) is 41.6 Å². The minimum Gasteiger partial charge on any atom is -0.494 e. The van der Waals surface area contributed by atoms with Crippen molar-refractivity contribution in [2.75, 3.05) is 27.2 Å². The molecule has 4 nitrogen and oxygen atoms in total. The van der Waals surface area contributed by atoms with Crippen LogP contribution in [0.1, 0.15) is 18.9 Å². The van der Waals surface area contributed by atoms with Crippen molar-refractivity contribution in [3.8, 4) is 5.75 Å². The monoisotopic (exact) mass is 250 g/mol. The minimum atomic E-state index is 0.0772. The number of nitrogens with zero attached hydrogens (tertiary/aromatic N) is 1. The molecule has 1 amide bonds. The van der Waals surface area contributed by atoms with Gasteiger partial charge in [0.2, 0.25) is 5.91 Å². The summed E-state index contributed by atoms with van der Waals surface area (Å²) in [6.45, 7) is 3.84. The summed E-state index contributed by atoms with van der Waals surface area (Å²) in [7, 11) is 3.51. The van der Waals surface area contributed by atoms with Gasteiger partial charge in [-0.15, -0.1) is 0 Å². The number of rotatable bonds is 7. The van der Waals surface area contributed by atoms with Crippen LogP contribution in [-0.2, 0) is 11.3 Å². The van der Waals surface area contributed by atoms with Crippen LogP contribution in [0.25, 0.3) is 0 Å². The molecule has 0 unspecified atom stereocenters. The molecule has 0 radical (unpaired) electrons. The highest BCUT2D eigenvalue weighted by atomic mass is 16.5. The third-order valence-electron chi connectivity index (χ3n) is 2.48. The Morgan fingerprint density at radius 2 is 2.17 bits per heavy atom. The Balaban J connectivity index is 2.40. The SMILES string of the molecule is CCCOc1cccc(CNCC(=O)N(C)C)c1. The summed E-state index contributed by atoms with van der Waals surface area (Å²) in [4.78, 5) is 13.0. The fraction of sp³-hybridized carbons (Fsp3) is 0.500. The van der Waals surface area contributed by atoms with Gasteiger partial charge in [0.05, 0.1) is 13.2 Å². The summed E-state index contributed by atoms with van der Waals surface area (Å²) in [5.74, 6) is 0.962. The van der Waals surface area contributed by atoms with Gasteiger partial charge in [-0.2, -0.15) is 0 Å². The van der Waals surface area contributed by atoms with E-state index in [9.17, 15) is 4.79 Å². The summed E-state index contributed by atoms with van der Waals surface area (Å²) in [5.41, 5.74) is 1.12. The van der Waals surface area contributed by atoms with Crippen LogP contribution in [0.3, 0.4) is 0 Å². The molecule has 1 aromatic rings. The molecule has 0 atom stereocenters. The average molecular weight is 250 g/mol. The molecule has 1 rings (SSSR count). The first kappa shape index (κ1) is 14.5. The predicted octanol–water partition coefficient (Wildman–Crippen LogP) is 1.65. The maximum Gasteiger partial charge on any atom is 0.236 e. The van der Waals surface area contributed by atoms with Crippen molar-refractivity contribution in [1.29, 1.82) is 0 Å². The van der Waals surface area contributed by atoms with E-state index in [1.54, 1.807) is 19.0 Å². The van der Waals surface area contributed by atoms with Gasteiger partial charge in [-0.25, -0.2) is 0 Å². The van der Waals surface area contributed by atoms with Crippen LogP contribution in [0, 0.1) is 0 Å². The van der Waals surface area contributed by atoms with Gasteiger partial charge < -0.3 is 15.0 Å². The molecule has 100 valence electrons. The zero-order valence-corrected chi connectivity index (χ0v) is 11.4. The molecule has 0 aromatic heterocycles. The van der Waals surface area contributed by atoms with Gasteiger partial charge in [-0.05, 0) is 24.1 Å². The van der Waals surface area contributed by atoms with Gasteiger partial charge in [0.1, 0.15) is 5.75 Å². The first-order valence-corrected chi connectivity index (χ1v) is 6.26. The van der Waals surface area contributed by atoms with E-state index in [4.69, 9.17) is 4.74 Å². The molecule has 0 spiro atoms. The highest BCUT2D eigenvalue weighted by Crippen LogP contribution is 2.13. The Morgan fingerprint density at radius 1 is 1.39 bits per heavy atom. The molecule has 0 saturated carbocycles. The van der Waals surface area contributed by atoms with E-state index in [0.29, 0.717) is 13.1 Å². The van der Waals surface area contributed by atoms with Crippen LogP contribution in [0.4, 0.5) is 0 Å². The van der Waals surface area contributed by atoms with Gasteiger partial charge in [-0.1, -0.05) is 19.1 Å². The van der Waals surface area contributed by atoms with Crippen molar-refractivity contribution in [2.24, 2.45) is 0 Å². The van der Waals surface area contributed by atoms with Gasteiger partial charge in [-0.3, -0.25) is 4.79 Å². The number of carbonyl (C=O) groups is 1. The number of likely N-dealkylation sites (N-methyl/N-ethyl adjacent to an activating group) is 1. The highest BCUT2D eigenvalue weighted by Gasteiger charge is 2.03. The number of ether oxygens (including phenoxy) is 1. The van der Waals surface area contributed by atoms with Crippen LogP contribution in [0.15, 0.2) is 24.3 Å². The summed E-state index contributed by atoms with van der Waals surface area (Å²) >= 11 is 0. The van der Waals surface area contributed by atoms with Crippen LogP contribution < -0.4 is 10.1 Å². The summed E-state index contributed by atoms with van der Waals surface area (Å²) in [5, 5.41) is 3.12. The molecule has 1 N–H and O–H groups in total. The van der Waals surface area contributed by atoms with E-state index in [0.717, 1.165) is 24.3 Å². The van der Waals surface area contributed by atoms with E-state index < -0.39 is 0 Å². The molecule has 4 heteroatoms. The Bertz CT molecular complexity index is 378. The molecule has 0 aliphatic heterocycles. The van der Waals surface area contributed by atoms with E-state index in [2.05, 4.69) is 12.2 Å². The lowest BCUT2D eigenvalue weighted by Crippen LogP contribution is -2.32. The van der Waals surface area contributed by atoms with Crippen molar-refractivity contribution in [3.63, 3.8) is 0 Å². The first-order chi connectivity index (χ1) is 8.63. The summed E-state index contributed by atoms with van der Waals surface area (Å²) in [6, 6.07) is 7.94. The fourth-order valence-corrected chi connectivity index (χ4v) is 1.44. The van der Waals surface area contributed by atoms with E-state index in [1.807, 2.05) is 24.3 Å². The van der Waals surface area contributed by atoms with Gasteiger partial charge in [0.25, 0.3) is 0 Å². The zero-order valence-electron chi connectivity index (χ0n) is 11.4. The lowest BCUT2D eigenvalue weighted by atomic mass is 10.2. The quantitative estimate of drug-likeness (QED) is 0.800. The largest absolute Gasteiger partial charge is 0.494 e. The molecule has 0 aliphatic rings.